The van der Waals surface area contributed by atoms with E-state index in [1.165, 1.54) is 6.07 Å². The van der Waals surface area contributed by atoms with Gasteiger partial charge in [0.1, 0.15) is 11.5 Å². The summed E-state index contributed by atoms with van der Waals surface area (Å²) in [5.74, 6) is 1.23. The van der Waals surface area contributed by atoms with Gasteiger partial charge >= 0.3 is 0 Å². The number of halogens is 1. The van der Waals surface area contributed by atoms with Gasteiger partial charge in [0.05, 0.1) is 11.9 Å². The molecule has 3 heterocycles. The summed E-state index contributed by atoms with van der Waals surface area (Å²) in [6.45, 7) is 4.50. The molecule has 134 valence electrons. The van der Waals surface area contributed by atoms with Gasteiger partial charge in [-0.3, -0.25) is 9.88 Å². The molecule has 1 aliphatic rings. The van der Waals surface area contributed by atoms with Crippen molar-refractivity contribution in [2.75, 3.05) is 13.1 Å². The van der Waals surface area contributed by atoms with Gasteiger partial charge in [0.15, 0.2) is 5.82 Å². The minimum absolute atomic E-state index is 0.184. The van der Waals surface area contributed by atoms with Crippen LogP contribution in [0.4, 0.5) is 4.39 Å². The maximum Gasteiger partial charge on any atom is 0.278 e. The summed E-state index contributed by atoms with van der Waals surface area (Å²) in [7, 11) is 0. The van der Waals surface area contributed by atoms with Gasteiger partial charge in [0.2, 0.25) is 0 Å². The van der Waals surface area contributed by atoms with Crippen LogP contribution in [0.3, 0.4) is 0 Å². The van der Waals surface area contributed by atoms with E-state index in [-0.39, 0.29) is 11.7 Å². The highest BCUT2D eigenvalue weighted by Crippen LogP contribution is 2.28. The number of likely N-dealkylation sites (tertiary alicyclic amines) is 1. The molecule has 3 aromatic rings. The standard InChI is InChI=1S/C19H20FN5O/c1-13-10-22-17(11-21-13)19-23-18(24-26-19)15-5-7-25(8-6-15)12-14-3-2-4-16(20)9-14/h2-4,9-11,15H,5-8,12H2,1H3. The van der Waals surface area contributed by atoms with Crippen molar-refractivity contribution in [3.8, 4) is 11.6 Å². The van der Waals surface area contributed by atoms with E-state index in [9.17, 15) is 4.39 Å². The summed E-state index contributed by atoms with van der Waals surface area (Å²) in [4.78, 5) is 15.3. The van der Waals surface area contributed by atoms with E-state index in [0.717, 1.165) is 49.6 Å². The van der Waals surface area contributed by atoms with E-state index in [0.29, 0.717) is 11.6 Å². The number of rotatable bonds is 4. The summed E-state index contributed by atoms with van der Waals surface area (Å²) in [6.07, 6.45) is 5.24. The second-order valence-electron chi connectivity index (χ2n) is 6.68. The van der Waals surface area contributed by atoms with Crippen LogP contribution >= 0.6 is 0 Å². The smallest absolute Gasteiger partial charge is 0.278 e. The molecule has 0 spiro atoms. The number of piperidine rings is 1. The Hall–Kier alpha value is -2.67. The minimum atomic E-state index is -0.184. The average Bonchev–Trinajstić information content (AvgIpc) is 3.13. The molecule has 1 fully saturated rings. The first-order chi connectivity index (χ1) is 12.7. The van der Waals surface area contributed by atoms with Crippen LogP contribution in [0.1, 0.15) is 35.8 Å². The van der Waals surface area contributed by atoms with Gasteiger partial charge in [-0.25, -0.2) is 9.37 Å². The van der Waals surface area contributed by atoms with E-state index < -0.39 is 0 Å². The fraction of sp³-hybridized carbons (Fsp3) is 0.368. The van der Waals surface area contributed by atoms with E-state index in [1.807, 2.05) is 13.0 Å². The van der Waals surface area contributed by atoms with Crippen LogP contribution in [0.15, 0.2) is 41.2 Å². The van der Waals surface area contributed by atoms with Gasteiger partial charge in [-0.2, -0.15) is 4.98 Å². The van der Waals surface area contributed by atoms with E-state index in [2.05, 4.69) is 25.0 Å². The van der Waals surface area contributed by atoms with Crippen molar-refractivity contribution in [3.63, 3.8) is 0 Å². The highest BCUT2D eigenvalue weighted by molar-refractivity contribution is 5.44. The summed E-state index contributed by atoms with van der Waals surface area (Å²) >= 11 is 0. The van der Waals surface area contributed by atoms with Gasteiger partial charge in [0.25, 0.3) is 5.89 Å². The monoisotopic (exact) mass is 353 g/mol. The lowest BCUT2D eigenvalue weighted by Crippen LogP contribution is -2.32. The maximum absolute atomic E-state index is 13.3. The second kappa shape index (κ2) is 7.29. The third kappa shape index (κ3) is 3.77. The SMILES string of the molecule is Cc1cnc(-c2nc(C3CCN(Cc4cccc(F)c4)CC3)no2)cn1. The van der Waals surface area contributed by atoms with Gasteiger partial charge in [0, 0.05) is 18.7 Å². The molecule has 0 amide bonds. The van der Waals surface area contributed by atoms with Crippen LogP contribution in [0.2, 0.25) is 0 Å². The van der Waals surface area contributed by atoms with E-state index in [4.69, 9.17) is 4.52 Å². The minimum Gasteiger partial charge on any atom is -0.332 e. The first kappa shape index (κ1) is 16.8. The molecule has 26 heavy (non-hydrogen) atoms. The fourth-order valence-electron chi connectivity index (χ4n) is 3.25. The highest BCUT2D eigenvalue weighted by Gasteiger charge is 2.25. The molecule has 0 aliphatic carbocycles. The second-order valence-corrected chi connectivity index (χ2v) is 6.68. The topological polar surface area (TPSA) is 67.9 Å². The Balaban J connectivity index is 1.37. The molecular formula is C19H20FN5O. The summed E-state index contributed by atoms with van der Waals surface area (Å²) < 4.78 is 18.7. The first-order valence-electron chi connectivity index (χ1n) is 8.77. The maximum atomic E-state index is 13.3. The van der Waals surface area contributed by atoms with Crippen LogP contribution < -0.4 is 0 Å². The van der Waals surface area contributed by atoms with E-state index >= 15 is 0 Å². The largest absolute Gasteiger partial charge is 0.332 e. The molecule has 1 aliphatic heterocycles. The molecule has 0 bridgehead atoms. The zero-order valence-corrected chi connectivity index (χ0v) is 14.6. The Labute approximate surface area is 151 Å². The lowest BCUT2D eigenvalue weighted by atomic mass is 9.96. The molecule has 1 aromatic carbocycles. The Kier molecular flexibility index (Phi) is 4.71. The molecular weight excluding hydrogens is 333 g/mol. The van der Waals surface area contributed by atoms with Crippen LogP contribution in [0.25, 0.3) is 11.6 Å². The van der Waals surface area contributed by atoms with Crippen LogP contribution in [0, 0.1) is 12.7 Å². The summed E-state index contributed by atoms with van der Waals surface area (Å²) in [5.41, 5.74) is 2.44. The predicted molar refractivity (Wildman–Crippen MR) is 93.7 cm³/mol. The molecule has 0 N–H and O–H groups in total. The Bertz CT molecular complexity index is 872. The molecule has 0 unspecified atom stereocenters. The predicted octanol–water partition coefficient (Wildman–Crippen LogP) is 3.35. The van der Waals surface area contributed by atoms with Gasteiger partial charge in [-0.05, 0) is 50.6 Å². The van der Waals surface area contributed by atoms with Gasteiger partial charge < -0.3 is 4.52 Å². The number of benzene rings is 1. The first-order valence-corrected chi connectivity index (χ1v) is 8.77. The molecule has 0 atom stereocenters. The Morgan fingerprint density at radius 1 is 1.19 bits per heavy atom. The number of nitrogens with zero attached hydrogens (tertiary/aromatic N) is 5. The van der Waals surface area contributed by atoms with Crippen molar-refractivity contribution < 1.29 is 8.91 Å². The molecule has 1 saturated heterocycles. The highest BCUT2D eigenvalue weighted by atomic mass is 19.1. The van der Waals surface area contributed by atoms with Crippen LogP contribution in [-0.4, -0.2) is 38.1 Å². The molecule has 0 radical (unpaired) electrons. The normalized spacial score (nSPS) is 16.1. The van der Waals surface area contributed by atoms with E-state index in [1.54, 1.807) is 24.5 Å². The average molecular weight is 353 g/mol. The third-order valence-electron chi connectivity index (χ3n) is 4.69. The fourth-order valence-corrected chi connectivity index (χ4v) is 3.25. The molecule has 7 heteroatoms. The summed E-state index contributed by atoms with van der Waals surface area (Å²) in [6, 6.07) is 6.79. The van der Waals surface area contributed by atoms with Crippen LogP contribution in [-0.2, 0) is 6.54 Å². The van der Waals surface area contributed by atoms with Crippen LogP contribution in [0.5, 0.6) is 0 Å². The quantitative estimate of drug-likeness (QED) is 0.716. The van der Waals surface area contributed by atoms with Crippen molar-refractivity contribution in [3.05, 3.63) is 59.6 Å². The molecule has 6 nitrogen and oxygen atoms in total. The molecule has 2 aromatic heterocycles. The van der Waals surface area contributed by atoms with Crippen molar-refractivity contribution >= 4 is 0 Å². The van der Waals surface area contributed by atoms with Gasteiger partial charge in [-0.1, -0.05) is 17.3 Å². The lowest BCUT2D eigenvalue weighted by Gasteiger charge is -2.30. The van der Waals surface area contributed by atoms with Crippen molar-refractivity contribution in [1.29, 1.82) is 0 Å². The third-order valence-corrected chi connectivity index (χ3v) is 4.69. The van der Waals surface area contributed by atoms with Crippen molar-refractivity contribution in [1.82, 2.24) is 25.0 Å². The molecule has 4 rings (SSSR count). The summed E-state index contributed by atoms with van der Waals surface area (Å²) in [5, 5.41) is 4.14. The Morgan fingerprint density at radius 2 is 2.04 bits per heavy atom. The number of aryl methyl sites for hydroxylation is 1. The number of aromatic nitrogens is 4. The van der Waals surface area contributed by atoms with Gasteiger partial charge in [-0.15, -0.1) is 0 Å². The zero-order valence-electron chi connectivity index (χ0n) is 14.6. The molecule has 0 saturated carbocycles. The lowest BCUT2D eigenvalue weighted by molar-refractivity contribution is 0.200. The zero-order chi connectivity index (χ0) is 17.9. The number of hydrogen-bond donors (Lipinski definition) is 0. The Morgan fingerprint density at radius 3 is 2.77 bits per heavy atom. The van der Waals surface area contributed by atoms with Crippen molar-refractivity contribution in [2.24, 2.45) is 0 Å². The van der Waals surface area contributed by atoms with Crippen molar-refractivity contribution in [2.45, 2.75) is 32.2 Å². The number of hydrogen-bond acceptors (Lipinski definition) is 6.